The van der Waals surface area contributed by atoms with Gasteiger partial charge in [0.15, 0.2) is 0 Å². The molecule has 0 aliphatic heterocycles. The number of carbonyl (C=O) groups excluding carboxylic acids is 1. The predicted octanol–water partition coefficient (Wildman–Crippen LogP) is 3.74. The van der Waals surface area contributed by atoms with Crippen LogP contribution in [0.25, 0.3) is 0 Å². The van der Waals surface area contributed by atoms with Gasteiger partial charge in [-0.25, -0.2) is 0 Å². The van der Waals surface area contributed by atoms with E-state index in [0.29, 0.717) is 19.3 Å². The number of hydrogen-bond donors (Lipinski definition) is 2. The van der Waals surface area contributed by atoms with E-state index >= 15 is 0 Å². The first-order valence-electron chi connectivity index (χ1n) is 8.30. The van der Waals surface area contributed by atoms with Crippen LogP contribution in [-0.4, -0.2) is 18.6 Å². The number of benzene rings is 1. The molecule has 1 aliphatic carbocycles. The molecule has 0 spiro atoms. The highest BCUT2D eigenvalue weighted by Crippen LogP contribution is 2.26. The minimum absolute atomic E-state index is 0. The SMILES string of the molecule is CC1CCCC(OCc2cccc(NC(=O)C(C)CN)c2)C1.Cl. The number of rotatable bonds is 6. The molecular weight excluding hydrogens is 312 g/mol. The Labute approximate surface area is 145 Å². The summed E-state index contributed by atoms with van der Waals surface area (Å²) in [6.07, 6.45) is 5.28. The highest BCUT2D eigenvalue weighted by atomic mass is 35.5. The number of nitrogens with one attached hydrogen (secondary N) is 1. The summed E-state index contributed by atoms with van der Waals surface area (Å²) in [4.78, 5) is 11.9. The maximum absolute atomic E-state index is 11.9. The Morgan fingerprint density at radius 3 is 2.91 bits per heavy atom. The molecule has 3 N–H and O–H groups in total. The average molecular weight is 341 g/mol. The van der Waals surface area contributed by atoms with Gasteiger partial charge in [-0.15, -0.1) is 12.4 Å². The van der Waals surface area contributed by atoms with E-state index in [1.54, 1.807) is 0 Å². The molecule has 5 heteroatoms. The average Bonchev–Trinajstić information content (AvgIpc) is 2.52. The Morgan fingerprint density at radius 1 is 1.43 bits per heavy atom. The van der Waals surface area contributed by atoms with E-state index in [9.17, 15) is 4.79 Å². The second-order valence-corrected chi connectivity index (χ2v) is 6.53. The second-order valence-electron chi connectivity index (χ2n) is 6.53. The first kappa shape index (κ1) is 19.9. The van der Waals surface area contributed by atoms with Crippen LogP contribution in [0.1, 0.15) is 45.1 Å². The quantitative estimate of drug-likeness (QED) is 0.829. The molecule has 2 rings (SSSR count). The van der Waals surface area contributed by atoms with E-state index in [4.69, 9.17) is 10.5 Å². The molecule has 1 aliphatic rings. The van der Waals surface area contributed by atoms with E-state index in [0.717, 1.165) is 30.0 Å². The standard InChI is InChI=1S/C18H28N2O2.ClH/c1-13-5-3-8-17(9-13)22-12-15-6-4-7-16(10-15)20-18(21)14(2)11-19;/h4,6-7,10,13-14,17H,3,5,8-9,11-12,19H2,1-2H3,(H,20,21);1H. The summed E-state index contributed by atoms with van der Waals surface area (Å²) in [5.74, 6) is 0.549. The molecule has 4 nitrogen and oxygen atoms in total. The molecule has 3 atom stereocenters. The Bertz CT molecular complexity index is 496. The molecule has 1 amide bonds. The van der Waals surface area contributed by atoms with E-state index in [2.05, 4.69) is 12.2 Å². The zero-order chi connectivity index (χ0) is 15.9. The van der Waals surface area contributed by atoms with Gasteiger partial charge in [0.05, 0.1) is 12.7 Å². The minimum atomic E-state index is -0.177. The van der Waals surface area contributed by atoms with E-state index < -0.39 is 0 Å². The van der Waals surface area contributed by atoms with Crippen molar-refractivity contribution in [1.82, 2.24) is 0 Å². The maximum atomic E-state index is 11.9. The molecule has 3 unspecified atom stereocenters. The number of ether oxygens (including phenoxy) is 1. The van der Waals surface area contributed by atoms with E-state index in [1.807, 2.05) is 31.2 Å². The smallest absolute Gasteiger partial charge is 0.228 e. The number of halogens is 1. The predicted molar refractivity (Wildman–Crippen MR) is 96.7 cm³/mol. The number of hydrogen-bond acceptors (Lipinski definition) is 3. The largest absolute Gasteiger partial charge is 0.374 e. The van der Waals surface area contributed by atoms with Crippen molar-refractivity contribution in [1.29, 1.82) is 0 Å². The zero-order valence-corrected chi connectivity index (χ0v) is 14.9. The van der Waals surface area contributed by atoms with Gasteiger partial charge in [-0.3, -0.25) is 4.79 Å². The molecule has 0 bridgehead atoms. The summed E-state index contributed by atoms with van der Waals surface area (Å²) in [7, 11) is 0. The Morgan fingerprint density at radius 2 is 2.22 bits per heavy atom. The zero-order valence-electron chi connectivity index (χ0n) is 14.1. The third-order valence-electron chi connectivity index (χ3n) is 4.37. The van der Waals surface area contributed by atoms with Crippen molar-refractivity contribution >= 4 is 24.0 Å². The summed E-state index contributed by atoms with van der Waals surface area (Å²) >= 11 is 0. The van der Waals surface area contributed by atoms with Gasteiger partial charge in [-0.1, -0.05) is 38.8 Å². The summed E-state index contributed by atoms with van der Waals surface area (Å²) in [5.41, 5.74) is 7.42. The molecule has 1 fully saturated rings. The van der Waals surface area contributed by atoms with Crippen molar-refractivity contribution in [3.05, 3.63) is 29.8 Å². The third-order valence-corrected chi connectivity index (χ3v) is 4.37. The van der Waals surface area contributed by atoms with Gasteiger partial charge in [0.2, 0.25) is 5.91 Å². The number of carbonyl (C=O) groups is 1. The molecule has 1 aromatic rings. The molecule has 0 aromatic heterocycles. The van der Waals surface area contributed by atoms with Crippen LogP contribution in [0.3, 0.4) is 0 Å². The lowest BCUT2D eigenvalue weighted by atomic mass is 9.89. The van der Waals surface area contributed by atoms with Gasteiger partial charge in [0.1, 0.15) is 0 Å². The molecule has 0 heterocycles. The number of amides is 1. The van der Waals surface area contributed by atoms with Crippen LogP contribution in [0.15, 0.2) is 24.3 Å². The van der Waals surface area contributed by atoms with Gasteiger partial charge >= 0.3 is 0 Å². The molecule has 1 saturated carbocycles. The maximum Gasteiger partial charge on any atom is 0.228 e. The van der Waals surface area contributed by atoms with Crippen molar-refractivity contribution < 1.29 is 9.53 Å². The lowest BCUT2D eigenvalue weighted by Crippen LogP contribution is -2.26. The highest BCUT2D eigenvalue weighted by Gasteiger charge is 2.19. The van der Waals surface area contributed by atoms with Crippen molar-refractivity contribution in [3.63, 3.8) is 0 Å². The van der Waals surface area contributed by atoms with Crippen LogP contribution < -0.4 is 11.1 Å². The molecule has 130 valence electrons. The van der Waals surface area contributed by atoms with Crippen LogP contribution in [0.5, 0.6) is 0 Å². The Balaban J connectivity index is 0.00000264. The van der Waals surface area contributed by atoms with Gasteiger partial charge < -0.3 is 15.8 Å². The Hall–Kier alpha value is -1.10. The topological polar surface area (TPSA) is 64.3 Å². The van der Waals surface area contributed by atoms with Crippen LogP contribution in [-0.2, 0) is 16.1 Å². The van der Waals surface area contributed by atoms with Crippen LogP contribution >= 0.6 is 12.4 Å². The van der Waals surface area contributed by atoms with Gasteiger partial charge in [-0.2, -0.15) is 0 Å². The minimum Gasteiger partial charge on any atom is -0.374 e. The van der Waals surface area contributed by atoms with E-state index in [-0.39, 0.29) is 24.2 Å². The lowest BCUT2D eigenvalue weighted by molar-refractivity contribution is -0.119. The fourth-order valence-electron chi connectivity index (χ4n) is 2.86. The molecule has 0 radical (unpaired) electrons. The van der Waals surface area contributed by atoms with Crippen molar-refractivity contribution in [2.75, 3.05) is 11.9 Å². The molecule has 1 aromatic carbocycles. The Kier molecular flexibility index (Phi) is 8.59. The second kappa shape index (κ2) is 9.91. The van der Waals surface area contributed by atoms with Gasteiger partial charge in [-0.05, 0) is 36.5 Å². The van der Waals surface area contributed by atoms with Crippen LogP contribution in [0.4, 0.5) is 5.69 Å². The summed E-state index contributed by atoms with van der Waals surface area (Å²) in [6.45, 7) is 5.08. The normalized spacial score (nSPS) is 22.0. The fourth-order valence-corrected chi connectivity index (χ4v) is 2.86. The number of anilines is 1. The third kappa shape index (κ3) is 6.50. The van der Waals surface area contributed by atoms with Crippen LogP contribution in [0, 0.1) is 11.8 Å². The highest BCUT2D eigenvalue weighted by molar-refractivity contribution is 5.92. The first-order valence-corrected chi connectivity index (χ1v) is 8.30. The summed E-state index contributed by atoms with van der Waals surface area (Å²) < 4.78 is 6.04. The molecule has 0 saturated heterocycles. The number of nitrogens with two attached hydrogens (primary N) is 1. The van der Waals surface area contributed by atoms with Crippen molar-refractivity contribution in [3.8, 4) is 0 Å². The van der Waals surface area contributed by atoms with Gasteiger partial charge in [0, 0.05) is 18.2 Å². The summed E-state index contributed by atoms with van der Waals surface area (Å²) in [6, 6.07) is 7.86. The van der Waals surface area contributed by atoms with Crippen molar-refractivity contribution in [2.24, 2.45) is 17.6 Å². The first-order chi connectivity index (χ1) is 10.6. The molecule has 23 heavy (non-hydrogen) atoms. The van der Waals surface area contributed by atoms with Crippen LogP contribution in [0.2, 0.25) is 0 Å². The summed E-state index contributed by atoms with van der Waals surface area (Å²) in [5, 5.41) is 2.90. The lowest BCUT2D eigenvalue weighted by Gasteiger charge is -2.26. The van der Waals surface area contributed by atoms with Crippen molar-refractivity contribution in [2.45, 2.75) is 52.2 Å². The monoisotopic (exact) mass is 340 g/mol. The molecular formula is C18H29ClN2O2. The fraction of sp³-hybridized carbons (Fsp3) is 0.611. The van der Waals surface area contributed by atoms with E-state index in [1.165, 1.54) is 12.8 Å². The van der Waals surface area contributed by atoms with Gasteiger partial charge in [0.25, 0.3) is 0 Å².